The molecule has 82 valence electrons. The monoisotopic (exact) mass is 199 g/mol. The molecule has 0 aliphatic carbocycles. The molecule has 1 spiro atoms. The zero-order valence-corrected chi connectivity index (χ0v) is 9.43. The third kappa shape index (κ3) is 1.47. The van der Waals surface area contributed by atoms with Gasteiger partial charge in [0.2, 0.25) is 0 Å². The summed E-state index contributed by atoms with van der Waals surface area (Å²) in [4.78, 5) is 0. The van der Waals surface area contributed by atoms with Crippen molar-refractivity contribution >= 4 is 0 Å². The normalized spacial score (nSPS) is 40.9. The van der Waals surface area contributed by atoms with Crippen molar-refractivity contribution in [3.05, 3.63) is 0 Å². The van der Waals surface area contributed by atoms with E-state index >= 15 is 0 Å². The van der Waals surface area contributed by atoms with Gasteiger partial charge in [-0.25, -0.2) is 0 Å². The highest BCUT2D eigenvalue weighted by molar-refractivity contribution is 5.03. The van der Waals surface area contributed by atoms with E-state index in [0.717, 1.165) is 32.6 Å². The summed E-state index contributed by atoms with van der Waals surface area (Å²) in [6.07, 6.45) is 2.68. The number of hydrogen-bond donors (Lipinski definition) is 1. The van der Waals surface area contributed by atoms with Gasteiger partial charge in [-0.15, -0.1) is 0 Å². The van der Waals surface area contributed by atoms with Gasteiger partial charge in [-0.1, -0.05) is 13.8 Å². The molecule has 0 bridgehead atoms. The Bertz CT molecular complexity index is 217. The van der Waals surface area contributed by atoms with Gasteiger partial charge in [0.25, 0.3) is 0 Å². The minimum absolute atomic E-state index is 0.00544. The number of rotatable bonds is 2. The molecule has 0 aromatic rings. The second-order valence-electron chi connectivity index (χ2n) is 5.21. The number of likely N-dealkylation sites (N-methyl/N-ethyl adjacent to an activating group) is 1. The molecule has 0 saturated carbocycles. The second kappa shape index (κ2) is 3.47. The van der Waals surface area contributed by atoms with E-state index in [9.17, 15) is 0 Å². The lowest BCUT2D eigenvalue weighted by Crippen LogP contribution is -2.44. The first kappa shape index (κ1) is 10.4. The smallest absolute Gasteiger partial charge is 0.0992 e. The van der Waals surface area contributed by atoms with Gasteiger partial charge in [-0.05, 0) is 19.9 Å². The Labute approximate surface area is 86.2 Å². The highest BCUT2D eigenvalue weighted by Crippen LogP contribution is 2.48. The molecule has 2 aliphatic rings. The summed E-state index contributed by atoms with van der Waals surface area (Å²) in [5.41, 5.74) is 0.171. The molecule has 0 amide bonds. The second-order valence-corrected chi connectivity index (χ2v) is 5.21. The molecule has 2 heterocycles. The van der Waals surface area contributed by atoms with Gasteiger partial charge in [-0.2, -0.15) is 0 Å². The van der Waals surface area contributed by atoms with Crippen LogP contribution in [0.1, 0.15) is 26.7 Å². The topological polar surface area (TPSA) is 30.5 Å². The molecule has 2 unspecified atom stereocenters. The number of nitrogens with one attached hydrogen (secondary N) is 1. The van der Waals surface area contributed by atoms with Crippen molar-refractivity contribution in [1.82, 2.24) is 5.32 Å². The fourth-order valence-corrected chi connectivity index (χ4v) is 2.60. The fraction of sp³-hybridized carbons (Fsp3) is 1.00. The predicted octanol–water partition coefficient (Wildman–Crippen LogP) is 1.18. The lowest BCUT2D eigenvalue weighted by atomic mass is 9.76. The molecular formula is C11H21NO2. The maximum Gasteiger partial charge on any atom is 0.0992 e. The van der Waals surface area contributed by atoms with Crippen molar-refractivity contribution in [2.45, 2.75) is 38.4 Å². The van der Waals surface area contributed by atoms with Crippen LogP contribution in [-0.2, 0) is 9.47 Å². The maximum atomic E-state index is 6.18. The Morgan fingerprint density at radius 3 is 2.71 bits per heavy atom. The molecule has 3 nitrogen and oxygen atoms in total. The minimum Gasteiger partial charge on any atom is -0.378 e. The standard InChI is InChI=1S/C11H21NO2/c1-10(2)7-13-8-11(10)5-4-9(14-11)6-12-3/h9,12H,4-8H2,1-3H3. The Balaban J connectivity index is 2.05. The molecule has 0 radical (unpaired) electrons. The molecule has 2 atom stereocenters. The molecule has 2 saturated heterocycles. The van der Waals surface area contributed by atoms with E-state index in [-0.39, 0.29) is 11.0 Å². The molecule has 14 heavy (non-hydrogen) atoms. The van der Waals surface area contributed by atoms with Crippen LogP contribution in [0.25, 0.3) is 0 Å². The van der Waals surface area contributed by atoms with Gasteiger partial charge in [0.15, 0.2) is 0 Å². The van der Waals surface area contributed by atoms with Crippen LogP contribution >= 0.6 is 0 Å². The van der Waals surface area contributed by atoms with E-state index < -0.39 is 0 Å². The molecule has 0 aromatic carbocycles. The Morgan fingerprint density at radius 2 is 2.14 bits per heavy atom. The van der Waals surface area contributed by atoms with E-state index in [4.69, 9.17) is 9.47 Å². The first-order valence-electron chi connectivity index (χ1n) is 5.50. The van der Waals surface area contributed by atoms with Crippen molar-refractivity contribution in [2.75, 3.05) is 26.8 Å². The highest BCUT2D eigenvalue weighted by atomic mass is 16.6. The number of ether oxygens (including phenoxy) is 2. The fourth-order valence-electron chi connectivity index (χ4n) is 2.60. The van der Waals surface area contributed by atoms with Crippen molar-refractivity contribution in [3.63, 3.8) is 0 Å². The lowest BCUT2D eigenvalue weighted by Gasteiger charge is -2.35. The van der Waals surface area contributed by atoms with E-state index in [2.05, 4.69) is 19.2 Å². The summed E-state index contributed by atoms with van der Waals surface area (Å²) in [5, 5.41) is 3.18. The Hall–Kier alpha value is -0.120. The summed E-state index contributed by atoms with van der Waals surface area (Å²) < 4.78 is 11.8. The van der Waals surface area contributed by atoms with E-state index in [1.54, 1.807) is 0 Å². The summed E-state index contributed by atoms with van der Waals surface area (Å²) >= 11 is 0. The molecule has 2 fully saturated rings. The first-order valence-corrected chi connectivity index (χ1v) is 5.50. The average molecular weight is 199 g/mol. The molecule has 2 aliphatic heterocycles. The van der Waals surface area contributed by atoms with Crippen LogP contribution in [0.3, 0.4) is 0 Å². The van der Waals surface area contributed by atoms with Crippen LogP contribution in [-0.4, -0.2) is 38.5 Å². The largest absolute Gasteiger partial charge is 0.378 e. The summed E-state index contributed by atoms with van der Waals surface area (Å²) in [7, 11) is 1.98. The van der Waals surface area contributed by atoms with E-state index in [0.29, 0.717) is 6.10 Å². The van der Waals surface area contributed by atoms with Crippen molar-refractivity contribution in [1.29, 1.82) is 0 Å². The summed E-state index contributed by atoms with van der Waals surface area (Å²) in [6, 6.07) is 0. The Morgan fingerprint density at radius 1 is 1.36 bits per heavy atom. The zero-order valence-electron chi connectivity index (χ0n) is 9.43. The number of hydrogen-bond acceptors (Lipinski definition) is 3. The SMILES string of the molecule is CNCC1CCC2(COCC2(C)C)O1. The van der Waals surface area contributed by atoms with Crippen LogP contribution in [0.2, 0.25) is 0 Å². The summed E-state index contributed by atoms with van der Waals surface area (Å²) in [6.45, 7) is 7.07. The van der Waals surface area contributed by atoms with Crippen LogP contribution in [0.4, 0.5) is 0 Å². The molecular weight excluding hydrogens is 178 g/mol. The van der Waals surface area contributed by atoms with Crippen molar-refractivity contribution in [2.24, 2.45) is 5.41 Å². The first-order chi connectivity index (χ1) is 6.60. The minimum atomic E-state index is -0.00544. The highest BCUT2D eigenvalue weighted by Gasteiger charge is 2.54. The van der Waals surface area contributed by atoms with Gasteiger partial charge in [0.1, 0.15) is 0 Å². The van der Waals surface area contributed by atoms with Crippen LogP contribution < -0.4 is 5.32 Å². The quantitative estimate of drug-likeness (QED) is 0.724. The van der Waals surface area contributed by atoms with Crippen LogP contribution in [0, 0.1) is 5.41 Å². The van der Waals surface area contributed by atoms with Crippen LogP contribution in [0.15, 0.2) is 0 Å². The predicted molar refractivity (Wildman–Crippen MR) is 55.4 cm³/mol. The van der Waals surface area contributed by atoms with Gasteiger partial charge in [0.05, 0.1) is 24.9 Å². The molecule has 0 aromatic heterocycles. The van der Waals surface area contributed by atoms with E-state index in [1.807, 2.05) is 7.05 Å². The third-order valence-corrected chi connectivity index (χ3v) is 3.73. The van der Waals surface area contributed by atoms with Gasteiger partial charge >= 0.3 is 0 Å². The molecule has 3 heteroatoms. The van der Waals surface area contributed by atoms with Gasteiger partial charge in [0, 0.05) is 12.0 Å². The lowest BCUT2D eigenvalue weighted by molar-refractivity contribution is -0.0882. The van der Waals surface area contributed by atoms with Gasteiger partial charge < -0.3 is 14.8 Å². The molecule has 1 N–H and O–H groups in total. The average Bonchev–Trinajstić information content (AvgIpc) is 2.61. The van der Waals surface area contributed by atoms with Crippen molar-refractivity contribution < 1.29 is 9.47 Å². The molecule has 2 rings (SSSR count). The van der Waals surface area contributed by atoms with Crippen LogP contribution in [0.5, 0.6) is 0 Å². The van der Waals surface area contributed by atoms with E-state index in [1.165, 1.54) is 0 Å². The Kier molecular flexibility index (Phi) is 2.58. The van der Waals surface area contributed by atoms with Crippen molar-refractivity contribution in [3.8, 4) is 0 Å². The third-order valence-electron chi connectivity index (χ3n) is 3.73. The van der Waals surface area contributed by atoms with Gasteiger partial charge in [-0.3, -0.25) is 0 Å². The maximum absolute atomic E-state index is 6.18. The zero-order chi connectivity index (χ0) is 10.2. The summed E-state index contributed by atoms with van der Waals surface area (Å²) in [5.74, 6) is 0.